The number of carboxylic acid groups (broad SMARTS) is 1. The molecule has 4 heteroatoms. The molecule has 0 radical (unpaired) electrons. The molecular weight excluding hydrogens is 226 g/mol. The Labute approximate surface area is 98.3 Å². The third kappa shape index (κ3) is 1.91. The molecule has 0 fully saturated rings. The number of aryl methyl sites for hydroxylation is 2. The van der Waals surface area contributed by atoms with Gasteiger partial charge in [-0.2, -0.15) is 0 Å². The van der Waals surface area contributed by atoms with Gasteiger partial charge in [-0.25, -0.2) is 0 Å². The van der Waals surface area contributed by atoms with Gasteiger partial charge < -0.3 is 9.67 Å². The molecule has 2 aromatic rings. The van der Waals surface area contributed by atoms with Gasteiger partial charge in [0.05, 0.1) is 6.42 Å². The molecule has 0 saturated carbocycles. The Kier molecular flexibility index (Phi) is 2.88. The van der Waals surface area contributed by atoms with E-state index in [2.05, 4.69) is 0 Å². The maximum Gasteiger partial charge on any atom is 0.305 e. The van der Waals surface area contributed by atoms with Crippen LogP contribution in [0.15, 0.2) is 24.3 Å². The number of aromatic nitrogens is 1. The molecule has 0 saturated heterocycles. The van der Waals surface area contributed by atoms with E-state index >= 15 is 0 Å². The van der Waals surface area contributed by atoms with Gasteiger partial charge in [0, 0.05) is 28.2 Å². The van der Waals surface area contributed by atoms with Crippen LogP contribution in [-0.4, -0.2) is 15.6 Å². The van der Waals surface area contributed by atoms with Gasteiger partial charge >= 0.3 is 5.97 Å². The summed E-state index contributed by atoms with van der Waals surface area (Å²) in [4.78, 5) is 10.6. The molecule has 1 N–H and O–H groups in total. The topological polar surface area (TPSA) is 42.2 Å². The molecule has 0 aliphatic heterocycles. The Morgan fingerprint density at radius 1 is 1.50 bits per heavy atom. The Balaban J connectivity index is 2.48. The molecule has 1 aromatic carbocycles. The van der Waals surface area contributed by atoms with E-state index in [1.54, 1.807) is 0 Å². The third-order valence-corrected chi connectivity index (χ3v) is 2.98. The molecule has 0 spiro atoms. The van der Waals surface area contributed by atoms with Crippen molar-refractivity contribution in [3.63, 3.8) is 0 Å². The van der Waals surface area contributed by atoms with Gasteiger partial charge in [-0.05, 0) is 25.1 Å². The maximum atomic E-state index is 10.6. The minimum absolute atomic E-state index is 0.122. The van der Waals surface area contributed by atoms with Crippen LogP contribution in [0, 0.1) is 6.92 Å². The van der Waals surface area contributed by atoms with E-state index < -0.39 is 5.97 Å². The fourth-order valence-corrected chi connectivity index (χ4v) is 2.11. The first kappa shape index (κ1) is 11.0. The summed E-state index contributed by atoms with van der Waals surface area (Å²) in [5, 5.41) is 10.4. The van der Waals surface area contributed by atoms with E-state index in [-0.39, 0.29) is 6.42 Å². The van der Waals surface area contributed by atoms with Crippen molar-refractivity contribution in [1.82, 2.24) is 4.57 Å². The second-order valence-electron chi connectivity index (χ2n) is 3.75. The van der Waals surface area contributed by atoms with E-state index in [1.807, 2.05) is 35.8 Å². The number of carbonyl (C=O) groups is 1. The highest BCUT2D eigenvalue weighted by Gasteiger charge is 2.08. The normalized spacial score (nSPS) is 10.9. The van der Waals surface area contributed by atoms with Crippen LogP contribution in [-0.2, 0) is 11.3 Å². The van der Waals surface area contributed by atoms with E-state index in [4.69, 9.17) is 16.7 Å². The van der Waals surface area contributed by atoms with Crippen molar-refractivity contribution in [2.75, 3.05) is 0 Å². The first-order chi connectivity index (χ1) is 7.59. The molecule has 0 aliphatic carbocycles. The average Bonchev–Trinajstić information content (AvgIpc) is 2.53. The lowest BCUT2D eigenvalue weighted by Gasteiger charge is -2.06. The first-order valence-corrected chi connectivity index (χ1v) is 5.43. The molecule has 0 atom stereocenters. The van der Waals surface area contributed by atoms with E-state index in [0.29, 0.717) is 11.6 Å². The molecule has 3 nitrogen and oxygen atoms in total. The number of hydrogen-bond donors (Lipinski definition) is 1. The zero-order chi connectivity index (χ0) is 11.7. The molecule has 2 rings (SSSR count). The SMILES string of the molecule is Cc1cc2c(Cl)cccc2n1CCC(=O)O. The van der Waals surface area contributed by atoms with E-state index in [0.717, 1.165) is 16.6 Å². The average molecular weight is 238 g/mol. The number of hydrogen-bond acceptors (Lipinski definition) is 1. The Morgan fingerprint density at radius 2 is 2.25 bits per heavy atom. The molecule has 1 heterocycles. The van der Waals surface area contributed by atoms with Crippen LogP contribution < -0.4 is 0 Å². The third-order valence-electron chi connectivity index (χ3n) is 2.65. The monoisotopic (exact) mass is 237 g/mol. The molecule has 0 bridgehead atoms. The molecule has 84 valence electrons. The summed E-state index contributed by atoms with van der Waals surface area (Å²) in [6.45, 7) is 2.43. The minimum atomic E-state index is -0.789. The van der Waals surface area contributed by atoms with Crippen molar-refractivity contribution < 1.29 is 9.90 Å². The predicted molar refractivity (Wildman–Crippen MR) is 63.9 cm³/mol. The zero-order valence-corrected chi connectivity index (χ0v) is 9.66. The second-order valence-corrected chi connectivity index (χ2v) is 4.16. The largest absolute Gasteiger partial charge is 0.481 e. The number of fused-ring (bicyclic) bond motifs is 1. The molecule has 0 aliphatic rings. The minimum Gasteiger partial charge on any atom is -0.481 e. The number of rotatable bonds is 3. The van der Waals surface area contributed by atoms with Crippen molar-refractivity contribution in [3.05, 3.63) is 35.0 Å². The maximum absolute atomic E-state index is 10.6. The van der Waals surface area contributed by atoms with Gasteiger partial charge in [-0.1, -0.05) is 17.7 Å². The van der Waals surface area contributed by atoms with Crippen LogP contribution in [0.5, 0.6) is 0 Å². The smallest absolute Gasteiger partial charge is 0.305 e. The molecule has 16 heavy (non-hydrogen) atoms. The molecular formula is C12H12ClNO2. The van der Waals surface area contributed by atoms with Crippen LogP contribution in [0.25, 0.3) is 10.9 Å². The first-order valence-electron chi connectivity index (χ1n) is 5.06. The van der Waals surface area contributed by atoms with Crippen molar-refractivity contribution in [2.24, 2.45) is 0 Å². The van der Waals surface area contributed by atoms with Crippen molar-refractivity contribution in [2.45, 2.75) is 19.9 Å². The van der Waals surface area contributed by atoms with E-state index in [9.17, 15) is 4.79 Å². The predicted octanol–water partition coefficient (Wildman–Crippen LogP) is 3.08. The molecule has 0 unspecified atom stereocenters. The van der Waals surface area contributed by atoms with Crippen LogP contribution in [0.2, 0.25) is 5.02 Å². The molecule has 0 amide bonds. The van der Waals surface area contributed by atoms with Crippen molar-refractivity contribution >= 4 is 28.5 Å². The van der Waals surface area contributed by atoms with Crippen molar-refractivity contribution in [1.29, 1.82) is 0 Å². The fraction of sp³-hybridized carbons (Fsp3) is 0.250. The summed E-state index contributed by atoms with van der Waals surface area (Å²) in [7, 11) is 0. The summed E-state index contributed by atoms with van der Waals surface area (Å²) in [6.07, 6.45) is 0.122. The standard InChI is InChI=1S/C12H12ClNO2/c1-8-7-9-10(13)3-2-4-11(9)14(8)6-5-12(15)16/h2-4,7H,5-6H2,1H3,(H,15,16). The highest BCUT2D eigenvalue weighted by Crippen LogP contribution is 2.26. The zero-order valence-electron chi connectivity index (χ0n) is 8.90. The van der Waals surface area contributed by atoms with Crippen LogP contribution in [0.3, 0.4) is 0 Å². The number of carboxylic acids is 1. The highest BCUT2D eigenvalue weighted by molar-refractivity contribution is 6.35. The summed E-state index contributed by atoms with van der Waals surface area (Å²) in [5.74, 6) is -0.789. The fourth-order valence-electron chi connectivity index (χ4n) is 1.88. The summed E-state index contributed by atoms with van der Waals surface area (Å²) in [5.41, 5.74) is 2.02. The van der Waals surface area contributed by atoms with Gasteiger partial charge in [0.15, 0.2) is 0 Å². The highest BCUT2D eigenvalue weighted by atomic mass is 35.5. The number of nitrogens with zero attached hydrogens (tertiary/aromatic N) is 1. The Hall–Kier alpha value is -1.48. The second kappa shape index (κ2) is 4.18. The summed E-state index contributed by atoms with van der Waals surface area (Å²) < 4.78 is 1.98. The van der Waals surface area contributed by atoms with Gasteiger partial charge in [-0.3, -0.25) is 4.79 Å². The lowest BCUT2D eigenvalue weighted by atomic mass is 10.2. The van der Waals surface area contributed by atoms with Crippen LogP contribution in [0.1, 0.15) is 12.1 Å². The Bertz CT molecular complexity index is 545. The molecule has 1 aromatic heterocycles. The number of halogens is 1. The Morgan fingerprint density at radius 3 is 2.94 bits per heavy atom. The van der Waals surface area contributed by atoms with Gasteiger partial charge in [-0.15, -0.1) is 0 Å². The number of benzene rings is 1. The summed E-state index contributed by atoms with van der Waals surface area (Å²) >= 11 is 6.08. The quantitative estimate of drug-likeness (QED) is 0.892. The van der Waals surface area contributed by atoms with Crippen LogP contribution in [0.4, 0.5) is 0 Å². The summed E-state index contributed by atoms with van der Waals surface area (Å²) in [6, 6.07) is 7.65. The van der Waals surface area contributed by atoms with E-state index in [1.165, 1.54) is 0 Å². The lowest BCUT2D eigenvalue weighted by Crippen LogP contribution is -2.05. The van der Waals surface area contributed by atoms with Gasteiger partial charge in [0.2, 0.25) is 0 Å². The van der Waals surface area contributed by atoms with Crippen molar-refractivity contribution in [3.8, 4) is 0 Å². The van der Waals surface area contributed by atoms with Gasteiger partial charge in [0.1, 0.15) is 0 Å². The van der Waals surface area contributed by atoms with Crippen LogP contribution >= 0.6 is 11.6 Å². The lowest BCUT2D eigenvalue weighted by molar-refractivity contribution is -0.137. The van der Waals surface area contributed by atoms with Gasteiger partial charge in [0.25, 0.3) is 0 Å². The number of aliphatic carboxylic acids is 1.